The summed E-state index contributed by atoms with van der Waals surface area (Å²) in [6, 6.07) is 13.2. The Labute approximate surface area is 155 Å². The molecule has 0 radical (unpaired) electrons. The molecule has 0 saturated carbocycles. The zero-order chi connectivity index (χ0) is 18.7. The molecule has 26 heavy (non-hydrogen) atoms. The molecular formula is C21H27N3O2. The zero-order valence-corrected chi connectivity index (χ0v) is 15.7. The zero-order valence-electron chi connectivity index (χ0n) is 15.7. The number of nitrogens with one attached hydrogen (secondary N) is 1. The van der Waals surface area contributed by atoms with Crippen LogP contribution in [-0.4, -0.2) is 18.7 Å². The van der Waals surface area contributed by atoms with E-state index >= 15 is 0 Å². The molecule has 3 rings (SSSR count). The summed E-state index contributed by atoms with van der Waals surface area (Å²) in [6.07, 6.45) is 3.67. The van der Waals surface area contributed by atoms with Crippen molar-refractivity contribution < 1.29 is 9.53 Å². The largest absolute Gasteiger partial charge is 0.497 e. The topological polar surface area (TPSA) is 67.6 Å². The number of nitrogens with zero attached hydrogens (tertiary/aromatic N) is 1. The van der Waals surface area contributed by atoms with Gasteiger partial charge in [-0.05, 0) is 55.3 Å². The van der Waals surface area contributed by atoms with Crippen LogP contribution in [0, 0.1) is 0 Å². The van der Waals surface area contributed by atoms with Crippen LogP contribution >= 0.6 is 0 Å². The van der Waals surface area contributed by atoms with E-state index in [-0.39, 0.29) is 5.91 Å². The maximum Gasteiger partial charge on any atom is 0.262 e. The van der Waals surface area contributed by atoms with Gasteiger partial charge >= 0.3 is 0 Å². The second kappa shape index (κ2) is 7.28. The first kappa shape index (κ1) is 18.1. The number of rotatable bonds is 6. The molecule has 3 N–H and O–H groups in total. The number of nitrogen functional groups attached to an aromatic ring is 1. The Bertz CT molecular complexity index is 780. The van der Waals surface area contributed by atoms with Gasteiger partial charge in [-0.15, -0.1) is 0 Å². The van der Waals surface area contributed by atoms with Crippen LogP contribution in [0.15, 0.2) is 42.5 Å². The van der Waals surface area contributed by atoms with Gasteiger partial charge in [-0.2, -0.15) is 0 Å². The van der Waals surface area contributed by atoms with E-state index < -0.39 is 5.66 Å². The van der Waals surface area contributed by atoms with Gasteiger partial charge in [0.15, 0.2) is 0 Å². The molecule has 2 aromatic carbocycles. The molecule has 0 bridgehead atoms. The highest BCUT2D eigenvalue weighted by Gasteiger charge is 2.44. The summed E-state index contributed by atoms with van der Waals surface area (Å²) in [5.41, 5.74) is 8.41. The summed E-state index contributed by atoms with van der Waals surface area (Å²) in [4.78, 5) is 15.4. The molecule has 5 heteroatoms. The number of carbonyl (C=O) groups excluding carboxylic acids is 1. The smallest absolute Gasteiger partial charge is 0.262 e. The van der Waals surface area contributed by atoms with Crippen molar-refractivity contribution in [3.05, 3.63) is 48.0 Å². The Hall–Kier alpha value is -2.69. The van der Waals surface area contributed by atoms with Crippen LogP contribution in [0.2, 0.25) is 0 Å². The van der Waals surface area contributed by atoms with Gasteiger partial charge in [0, 0.05) is 17.1 Å². The summed E-state index contributed by atoms with van der Waals surface area (Å²) in [6.45, 7) is 4.29. The van der Waals surface area contributed by atoms with Crippen LogP contribution in [-0.2, 0) is 0 Å². The molecule has 1 heterocycles. The first-order valence-electron chi connectivity index (χ1n) is 9.21. The number of anilines is 3. The average molecular weight is 353 g/mol. The summed E-state index contributed by atoms with van der Waals surface area (Å²) < 4.78 is 5.27. The molecule has 0 saturated heterocycles. The highest BCUT2D eigenvalue weighted by Crippen LogP contribution is 2.41. The van der Waals surface area contributed by atoms with E-state index in [0.717, 1.165) is 42.8 Å². The van der Waals surface area contributed by atoms with Crippen molar-refractivity contribution in [2.75, 3.05) is 23.1 Å². The van der Waals surface area contributed by atoms with E-state index in [9.17, 15) is 4.79 Å². The van der Waals surface area contributed by atoms with Crippen molar-refractivity contribution in [1.29, 1.82) is 0 Å². The van der Waals surface area contributed by atoms with Crippen molar-refractivity contribution in [3.8, 4) is 5.75 Å². The van der Waals surface area contributed by atoms with Gasteiger partial charge in [0.05, 0.1) is 12.7 Å². The van der Waals surface area contributed by atoms with Crippen LogP contribution in [0.1, 0.15) is 49.9 Å². The van der Waals surface area contributed by atoms with E-state index in [2.05, 4.69) is 19.2 Å². The van der Waals surface area contributed by atoms with Gasteiger partial charge in [-0.3, -0.25) is 9.69 Å². The number of methoxy groups -OCH3 is 1. The minimum Gasteiger partial charge on any atom is -0.497 e. The van der Waals surface area contributed by atoms with Crippen LogP contribution < -0.4 is 20.7 Å². The minimum atomic E-state index is -0.446. The number of benzene rings is 2. The third-order valence-electron chi connectivity index (χ3n) is 4.93. The molecule has 2 aromatic rings. The SMILES string of the molecule is CCCC1(CCC)Nc2ccc(N)cc2C(=O)N1c1ccc(OC)cc1. The van der Waals surface area contributed by atoms with Gasteiger partial charge in [0.1, 0.15) is 11.4 Å². The second-order valence-electron chi connectivity index (χ2n) is 6.80. The number of fused-ring (bicyclic) bond motifs is 1. The molecule has 0 spiro atoms. The molecule has 0 aromatic heterocycles. The Morgan fingerprint density at radius 2 is 1.73 bits per heavy atom. The van der Waals surface area contributed by atoms with Crippen molar-refractivity contribution in [1.82, 2.24) is 0 Å². The van der Waals surface area contributed by atoms with Crippen LogP contribution in [0.3, 0.4) is 0 Å². The van der Waals surface area contributed by atoms with Gasteiger partial charge in [0.2, 0.25) is 0 Å². The fourth-order valence-corrected chi connectivity index (χ4v) is 3.87. The third kappa shape index (κ3) is 3.09. The first-order valence-corrected chi connectivity index (χ1v) is 9.21. The third-order valence-corrected chi connectivity index (χ3v) is 4.93. The Kier molecular flexibility index (Phi) is 5.07. The van der Waals surface area contributed by atoms with Crippen molar-refractivity contribution in [2.24, 2.45) is 0 Å². The summed E-state index contributed by atoms with van der Waals surface area (Å²) in [7, 11) is 1.64. The van der Waals surface area contributed by atoms with Crippen LogP contribution in [0.25, 0.3) is 0 Å². The van der Waals surface area contributed by atoms with E-state index in [1.54, 1.807) is 13.2 Å². The lowest BCUT2D eigenvalue weighted by Gasteiger charge is -2.49. The molecule has 0 unspecified atom stereocenters. The summed E-state index contributed by atoms with van der Waals surface area (Å²) in [5.74, 6) is 0.755. The average Bonchev–Trinajstić information content (AvgIpc) is 2.63. The van der Waals surface area contributed by atoms with Crippen LogP contribution in [0.5, 0.6) is 5.75 Å². The molecule has 138 valence electrons. The highest BCUT2D eigenvalue weighted by molar-refractivity contribution is 6.13. The molecule has 1 aliphatic rings. The maximum absolute atomic E-state index is 13.5. The van der Waals surface area contributed by atoms with E-state index in [1.807, 2.05) is 41.3 Å². The fraction of sp³-hybridized carbons (Fsp3) is 0.381. The Morgan fingerprint density at radius 3 is 2.31 bits per heavy atom. The molecule has 1 amide bonds. The standard InChI is InChI=1S/C21H27N3O2/c1-4-12-21(13-5-2)23-19-11-6-15(22)14-18(19)20(25)24(21)16-7-9-17(26-3)10-8-16/h6-11,14,23H,4-5,12-13,22H2,1-3H3. The number of hydrogen-bond donors (Lipinski definition) is 2. The molecule has 1 aliphatic heterocycles. The lowest BCUT2D eigenvalue weighted by molar-refractivity contribution is 0.0946. The number of amides is 1. The number of carbonyl (C=O) groups is 1. The number of hydrogen-bond acceptors (Lipinski definition) is 4. The molecular weight excluding hydrogens is 326 g/mol. The predicted molar refractivity (Wildman–Crippen MR) is 107 cm³/mol. The van der Waals surface area contributed by atoms with Crippen molar-refractivity contribution in [3.63, 3.8) is 0 Å². The predicted octanol–water partition coefficient (Wildman–Crippen LogP) is 4.65. The maximum atomic E-state index is 13.5. The lowest BCUT2D eigenvalue weighted by atomic mass is 9.90. The fourth-order valence-electron chi connectivity index (χ4n) is 3.87. The number of nitrogens with two attached hydrogens (primary N) is 1. The van der Waals surface area contributed by atoms with Gasteiger partial charge < -0.3 is 15.8 Å². The first-order chi connectivity index (χ1) is 12.5. The monoisotopic (exact) mass is 353 g/mol. The Morgan fingerprint density at radius 1 is 1.08 bits per heavy atom. The Balaban J connectivity index is 2.15. The van der Waals surface area contributed by atoms with Gasteiger partial charge in [-0.1, -0.05) is 26.7 Å². The molecule has 0 fully saturated rings. The lowest BCUT2D eigenvalue weighted by Crippen LogP contribution is -2.60. The second-order valence-corrected chi connectivity index (χ2v) is 6.80. The van der Waals surface area contributed by atoms with Gasteiger partial charge in [0.25, 0.3) is 5.91 Å². The summed E-state index contributed by atoms with van der Waals surface area (Å²) in [5, 5.41) is 3.67. The van der Waals surface area contributed by atoms with Crippen LogP contribution in [0.4, 0.5) is 17.1 Å². The summed E-state index contributed by atoms with van der Waals surface area (Å²) >= 11 is 0. The number of ether oxygens (including phenoxy) is 1. The highest BCUT2D eigenvalue weighted by atomic mass is 16.5. The normalized spacial score (nSPS) is 15.3. The quantitative estimate of drug-likeness (QED) is 0.742. The molecule has 0 aliphatic carbocycles. The van der Waals surface area contributed by atoms with E-state index in [4.69, 9.17) is 10.5 Å². The molecule has 5 nitrogen and oxygen atoms in total. The molecule has 0 atom stereocenters. The van der Waals surface area contributed by atoms with Crippen molar-refractivity contribution in [2.45, 2.75) is 45.2 Å². The van der Waals surface area contributed by atoms with E-state index in [1.165, 1.54) is 0 Å². The van der Waals surface area contributed by atoms with Crippen molar-refractivity contribution >= 4 is 23.0 Å². The minimum absolute atomic E-state index is 0.0156. The van der Waals surface area contributed by atoms with E-state index in [0.29, 0.717) is 11.3 Å². The van der Waals surface area contributed by atoms with Gasteiger partial charge in [-0.25, -0.2) is 0 Å².